The van der Waals surface area contributed by atoms with E-state index in [0.717, 1.165) is 21.5 Å². The van der Waals surface area contributed by atoms with Gasteiger partial charge in [-0.25, -0.2) is 0 Å². The lowest BCUT2D eigenvalue weighted by molar-refractivity contribution is 0.657. The van der Waals surface area contributed by atoms with E-state index in [9.17, 15) is 0 Å². The lowest BCUT2D eigenvalue weighted by atomic mass is 9.68. The fourth-order valence-electron chi connectivity index (χ4n) is 8.57. The Morgan fingerprint density at radius 1 is 0.417 bits per heavy atom. The van der Waals surface area contributed by atoms with Crippen molar-refractivity contribution in [3.63, 3.8) is 0 Å². The van der Waals surface area contributed by atoms with Crippen molar-refractivity contribution in [3.05, 3.63) is 208 Å². The Kier molecular flexibility index (Phi) is 6.61. The van der Waals surface area contributed by atoms with Crippen molar-refractivity contribution in [2.75, 3.05) is 4.90 Å². The Balaban J connectivity index is 1.30. The van der Waals surface area contributed by atoms with Crippen LogP contribution in [0.4, 0.5) is 17.1 Å². The molecule has 7 aromatic carbocycles. The summed E-state index contributed by atoms with van der Waals surface area (Å²) in [5.74, 6) is 0. The van der Waals surface area contributed by atoms with Gasteiger partial charge in [-0.1, -0.05) is 163 Å². The Bertz CT molecular complexity index is 2280. The largest absolute Gasteiger partial charge is 0.310 e. The van der Waals surface area contributed by atoms with Gasteiger partial charge in [-0.15, -0.1) is 0 Å². The van der Waals surface area contributed by atoms with Gasteiger partial charge in [-0.2, -0.15) is 0 Å². The quantitative estimate of drug-likeness (QED) is 0.175. The van der Waals surface area contributed by atoms with E-state index in [1.807, 2.05) is 0 Å². The predicted octanol–water partition coefficient (Wildman–Crippen LogP) is 12.6. The van der Waals surface area contributed by atoms with Gasteiger partial charge in [0.05, 0.1) is 5.41 Å². The van der Waals surface area contributed by atoms with Gasteiger partial charge < -0.3 is 4.90 Å². The smallest absolute Gasteiger partial charge is 0.0713 e. The van der Waals surface area contributed by atoms with Crippen molar-refractivity contribution >= 4 is 33.0 Å². The summed E-state index contributed by atoms with van der Waals surface area (Å²) in [5.41, 5.74) is 15.9. The Morgan fingerprint density at radius 2 is 0.917 bits per heavy atom. The van der Waals surface area contributed by atoms with E-state index in [1.165, 1.54) is 55.6 Å². The van der Waals surface area contributed by atoms with Crippen LogP contribution in [0.2, 0.25) is 0 Å². The molecule has 230 valence electrons. The summed E-state index contributed by atoms with van der Waals surface area (Å²) in [4.78, 5) is 2.41. The zero-order chi connectivity index (χ0) is 32.5. The number of halogens is 1. The molecule has 7 aromatic rings. The standard InChI is InChI=1S/C46H34BrN/c1-45(2)40-24-14-12-23-37(40)39-29-35(30-43(47)44(39)45)48(33-20-10-5-11-21-33)34-26-27-42-38(28-34)36-22-13-15-25-41(36)46(42,31-16-6-3-7-17-31)32-18-8-4-9-19-32/h3-30H,1-2H3. The van der Waals surface area contributed by atoms with E-state index in [-0.39, 0.29) is 5.41 Å². The van der Waals surface area contributed by atoms with Crippen LogP contribution in [0.5, 0.6) is 0 Å². The van der Waals surface area contributed by atoms with Crippen molar-refractivity contribution in [3.8, 4) is 22.3 Å². The number of fused-ring (bicyclic) bond motifs is 6. The molecule has 0 bridgehead atoms. The van der Waals surface area contributed by atoms with Crippen LogP contribution in [0.1, 0.15) is 47.2 Å². The summed E-state index contributed by atoms with van der Waals surface area (Å²) < 4.78 is 1.14. The van der Waals surface area contributed by atoms with Gasteiger partial charge in [-0.3, -0.25) is 0 Å². The molecule has 0 aliphatic heterocycles. The first kappa shape index (κ1) is 29.0. The number of anilines is 3. The molecule has 0 spiro atoms. The van der Waals surface area contributed by atoms with Crippen molar-refractivity contribution in [1.29, 1.82) is 0 Å². The molecule has 0 unspecified atom stereocenters. The van der Waals surface area contributed by atoms with E-state index in [2.05, 4.69) is 205 Å². The second-order valence-electron chi connectivity index (χ2n) is 13.4. The zero-order valence-electron chi connectivity index (χ0n) is 27.0. The minimum Gasteiger partial charge on any atom is -0.310 e. The van der Waals surface area contributed by atoms with Crippen molar-refractivity contribution < 1.29 is 0 Å². The van der Waals surface area contributed by atoms with Crippen LogP contribution in [0.15, 0.2) is 174 Å². The highest BCUT2D eigenvalue weighted by atomic mass is 79.9. The summed E-state index contributed by atoms with van der Waals surface area (Å²) in [5, 5.41) is 0. The van der Waals surface area contributed by atoms with Crippen LogP contribution in [-0.4, -0.2) is 0 Å². The first-order chi connectivity index (χ1) is 23.5. The molecule has 0 saturated carbocycles. The molecule has 9 rings (SSSR count). The minimum atomic E-state index is -0.420. The lowest BCUT2D eigenvalue weighted by Gasteiger charge is -2.34. The van der Waals surface area contributed by atoms with Crippen LogP contribution in [0, 0.1) is 0 Å². The number of nitrogens with zero attached hydrogens (tertiary/aromatic N) is 1. The van der Waals surface area contributed by atoms with E-state index >= 15 is 0 Å². The molecule has 0 heterocycles. The molecule has 0 atom stereocenters. The Hall–Kier alpha value is -5.18. The average Bonchev–Trinajstić information content (AvgIpc) is 3.56. The third kappa shape index (κ3) is 4.09. The van der Waals surface area contributed by atoms with Crippen molar-refractivity contribution in [1.82, 2.24) is 0 Å². The molecule has 0 amide bonds. The highest BCUT2D eigenvalue weighted by Crippen LogP contribution is 2.58. The van der Waals surface area contributed by atoms with E-state index < -0.39 is 5.41 Å². The SMILES string of the molecule is CC1(C)c2ccccc2-c2cc(N(c3ccccc3)c3ccc4c(c3)-c3ccccc3C4(c3ccccc3)c3ccccc3)cc(Br)c21. The Labute approximate surface area is 291 Å². The average molecular weight is 681 g/mol. The molecule has 2 aliphatic rings. The number of rotatable bonds is 5. The van der Waals surface area contributed by atoms with Crippen LogP contribution in [0.3, 0.4) is 0 Å². The zero-order valence-corrected chi connectivity index (χ0v) is 28.6. The van der Waals surface area contributed by atoms with E-state index in [1.54, 1.807) is 0 Å². The molecule has 0 fully saturated rings. The highest BCUT2D eigenvalue weighted by molar-refractivity contribution is 9.10. The second kappa shape index (κ2) is 10.9. The van der Waals surface area contributed by atoms with Crippen LogP contribution in [0.25, 0.3) is 22.3 Å². The normalized spacial score (nSPS) is 14.5. The third-order valence-corrected chi connectivity index (χ3v) is 11.2. The summed E-state index contributed by atoms with van der Waals surface area (Å²) in [6.07, 6.45) is 0. The third-order valence-electron chi connectivity index (χ3n) is 10.6. The van der Waals surface area contributed by atoms with Gasteiger partial charge in [0, 0.05) is 26.9 Å². The summed E-state index contributed by atoms with van der Waals surface area (Å²) in [6.45, 7) is 4.67. The van der Waals surface area contributed by atoms with Crippen LogP contribution < -0.4 is 4.90 Å². The highest BCUT2D eigenvalue weighted by Gasteiger charge is 2.46. The molecule has 2 aliphatic carbocycles. The first-order valence-corrected chi connectivity index (χ1v) is 17.4. The predicted molar refractivity (Wildman–Crippen MR) is 204 cm³/mol. The summed E-state index contributed by atoms with van der Waals surface area (Å²) in [6, 6.07) is 62.4. The fourth-order valence-corrected chi connectivity index (χ4v) is 9.51. The van der Waals surface area contributed by atoms with Gasteiger partial charge in [0.2, 0.25) is 0 Å². The van der Waals surface area contributed by atoms with Gasteiger partial charge in [0.1, 0.15) is 0 Å². The molecule has 0 N–H and O–H groups in total. The monoisotopic (exact) mass is 679 g/mol. The topological polar surface area (TPSA) is 3.24 Å². The van der Waals surface area contributed by atoms with Crippen LogP contribution >= 0.6 is 15.9 Å². The van der Waals surface area contributed by atoms with Gasteiger partial charge in [0.25, 0.3) is 0 Å². The number of hydrogen-bond acceptors (Lipinski definition) is 1. The molecular weight excluding hydrogens is 646 g/mol. The molecule has 0 saturated heterocycles. The first-order valence-electron chi connectivity index (χ1n) is 16.6. The van der Waals surface area contributed by atoms with Gasteiger partial charge >= 0.3 is 0 Å². The van der Waals surface area contributed by atoms with E-state index in [0.29, 0.717) is 0 Å². The molecule has 2 heteroatoms. The minimum absolute atomic E-state index is 0.0870. The van der Waals surface area contributed by atoms with Gasteiger partial charge in [0.15, 0.2) is 0 Å². The molecular formula is C46H34BrN. The van der Waals surface area contributed by atoms with Crippen LogP contribution in [-0.2, 0) is 10.8 Å². The maximum absolute atomic E-state index is 4.06. The lowest BCUT2D eigenvalue weighted by Crippen LogP contribution is -2.28. The fraction of sp³-hybridized carbons (Fsp3) is 0.0870. The van der Waals surface area contributed by atoms with Crippen molar-refractivity contribution in [2.24, 2.45) is 0 Å². The molecule has 0 radical (unpaired) electrons. The van der Waals surface area contributed by atoms with Crippen molar-refractivity contribution in [2.45, 2.75) is 24.7 Å². The molecule has 0 aromatic heterocycles. The second-order valence-corrected chi connectivity index (χ2v) is 14.3. The maximum Gasteiger partial charge on any atom is 0.0713 e. The summed E-state index contributed by atoms with van der Waals surface area (Å²) in [7, 11) is 0. The molecule has 48 heavy (non-hydrogen) atoms. The number of hydrogen-bond donors (Lipinski definition) is 0. The number of benzene rings is 7. The molecule has 1 nitrogen and oxygen atoms in total. The van der Waals surface area contributed by atoms with Gasteiger partial charge in [-0.05, 0) is 92.0 Å². The van der Waals surface area contributed by atoms with E-state index in [4.69, 9.17) is 0 Å². The number of para-hydroxylation sites is 1. The Morgan fingerprint density at radius 3 is 1.56 bits per heavy atom. The summed E-state index contributed by atoms with van der Waals surface area (Å²) >= 11 is 4.06. The maximum atomic E-state index is 4.06.